The Morgan fingerprint density at radius 3 is 1.09 bits per heavy atom. The van der Waals surface area contributed by atoms with Gasteiger partial charge in [0.15, 0.2) is 0 Å². The molecule has 0 unspecified atom stereocenters. The lowest BCUT2D eigenvalue weighted by Crippen LogP contribution is -2.32. The summed E-state index contributed by atoms with van der Waals surface area (Å²) in [6.07, 6.45) is 0.239. The Morgan fingerprint density at radius 2 is 0.796 bits per heavy atom. The highest BCUT2D eigenvalue weighted by Gasteiger charge is 2.34. The quantitative estimate of drug-likeness (QED) is 0.0572. The van der Waals surface area contributed by atoms with Crippen molar-refractivity contribution in [2.75, 3.05) is 60.6 Å². The molecule has 0 aliphatic carbocycles. The minimum Gasteiger partial charge on any atom is -0.303 e. The minimum atomic E-state index is -4.99. The summed E-state index contributed by atoms with van der Waals surface area (Å²) in [6, 6.07) is 7.78. The summed E-state index contributed by atoms with van der Waals surface area (Å²) >= 11 is 0. The average molecular weight is 882 g/mol. The molecule has 0 aliphatic heterocycles. The summed E-state index contributed by atoms with van der Waals surface area (Å²) in [7, 11) is -25.6. The third kappa shape index (κ3) is 9.74. The van der Waals surface area contributed by atoms with E-state index >= 15 is 0 Å². The summed E-state index contributed by atoms with van der Waals surface area (Å²) in [5.74, 6) is 0. The first-order valence-electron chi connectivity index (χ1n) is 15.4. The van der Waals surface area contributed by atoms with Crippen LogP contribution in [0.15, 0.2) is 51.1 Å². The Bertz CT molecular complexity index is 2450. The van der Waals surface area contributed by atoms with Crippen LogP contribution in [0, 0.1) is 0 Å². The molecular formula is C27H38N3O18P3S3. The molecule has 0 fully saturated rings. The van der Waals surface area contributed by atoms with Crippen LogP contribution in [0.2, 0.25) is 0 Å². The van der Waals surface area contributed by atoms with Gasteiger partial charge in [-0.25, -0.2) is 38.9 Å². The average Bonchev–Trinajstić information content (AvgIpc) is 3.04. The zero-order chi connectivity index (χ0) is 40.8. The van der Waals surface area contributed by atoms with Gasteiger partial charge in [0.1, 0.15) is 0 Å². The highest BCUT2D eigenvalue weighted by molar-refractivity contribution is 7.90. The van der Waals surface area contributed by atoms with Gasteiger partial charge in [0.25, 0.3) is 0 Å². The number of sulfonamides is 3. The molecule has 21 nitrogen and oxygen atoms in total. The van der Waals surface area contributed by atoms with Crippen molar-refractivity contribution in [3.63, 3.8) is 0 Å². The van der Waals surface area contributed by atoms with E-state index in [9.17, 15) is 38.9 Å². The van der Waals surface area contributed by atoms with E-state index in [1.54, 1.807) is 6.92 Å². The Kier molecular flexibility index (Phi) is 13.3. The van der Waals surface area contributed by atoms with Crippen molar-refractivity contribution in [3.8, 4) is 0 Å². The molecule has 4 rings (SSSR count). The number of rotatable bonds is 19. The summed E-state index contributed by atoms with van der Waals surface area (Å²) < 4.78 is 134. The molecule has 0 heterocycles. The van der Waals surface area contributed by atoms with Crippen LogP contribution in [0.5, 0.6) is 0 Å². The number of likely N-dealkylation sites (N-methyl/N-ethyl adjacent to an activating group) is 3. The number of aryl methyl sites for hydroxylation is 1. The molecule has 4 aromatic carbocycles. The molecule has 0 saturated carbocycles. The number of hydrogen-bond acceptors (Lipinski definition) is 12. The zero-order valence-electron chi connectivity index (χ0n) is 28.9. The van der Waals surface area contributed by atoms with Gasteiger partial charge < -0.3 is 29.4 Å². The molecule has 0 atom stereocenters. The largest absolute Gasteiger partial charge is 0.469 e. The molecule has 0 aromatic heterocycles. The number of hydrogen-bond donors (Lipinski definition) is 6. The molecule has 0 aliphatic rings. The van der Waals surface area contributed by atoms with Crippen molar-refractivity contribution >= 4 is 85.9 Å². The molecule has 4 aromatic rings. The summed E-state index contributed by atoms with van der Waals surface area (Å²) in [4.78, 5) is 52.9. The van der Waals surface area contributed by atoms with Crippen molar-refractivity contribution in [2.45, 2.75) is 28.0 Å². The highest BCUT2D eigenvalue weighted by Crippen LogP contribution is 2.45. The van der Waals surface area contributed by atoms with Crippen molar-refractivity contribution in [2.24, 2.45) is 0 Å². The zero-order valence-corrected chi connectivity index (χ0v) is 34.0. The first-order chi connectivity index (χ1) is 24.6. The second-order valence-electron chi connectivity index (χ2n) is 11.8. The van der Waals surface area contributed by atoms with Crippen LogP contribution in [0.1, 0.15) is 12.5 Å². The van der Waals surface area contributed by atoms with Gasteiger partial charge in [-0.05, 0) is 34.9 Å². The predicted octanol–water partition coefficient (Wildman–Crippen LogP) is 1.34. The Hall–Kier alpha value is -2.02. The van der Waals surface area contributed by atoms with Crippen molar-refractivity contribution in [3.05, 3.63) is 42.0 Å². The van der Waals surface area contributed by atoms with E-state index in [4.69, 9.17) is 29.4 Å². The molecule has 302 valence electrons. The van der Waals surface area contributed by atoms with Crippen LogP contribution >= 0.6 is 23.5 Å². The SMILES string of the molecule is CCc1cc(S(=O)(=O)N(C)CCOP(=O)(O)O)c2ccc3c(S(=O)(=O)N(C)CCOP(=O)(O)O)cc(S(=O)(=O)N(C)CCOP(=O)(O)O)c4ccc1c2c43. The molecule has 0 radical (unpaired) electrons. The molecule has 6 N–H and O–H groups in total. The van der Waals surface area contributed by atoms with Gasteiger partial charge in [-0.3, -0.25) is 13.6 Å². The van der Waals surface area contributed by atoms with E-state index in [1.165, 1.54) is 30.3 Å². The lowest BCUT2D eigenvalue weighted by molar-refractivity contribution is 0.187. The van der Waals surface area contributed by atoms with E-state index in [0.29, 0.717) is 19.6 Å². The molecule has 54 heavy (non-hydrogen) atoms. The highest BCUT2D eigenvalue weighted by atomic mass is 32.2. The van der Waals surface area contributed by atoms with Gasteiger partial charge in [0.2, 0.25) is 30.1 Å². The van der Waals surface area contributed by atoms with Crippen molar-refractivity contribution in [1.29, 1.82) is 0 Å². The van der Waals surface area contributed by atoms with Crippen molar-refractivity contribution in [1.82, 2.24) is 12.9 Å². The summed E-state index contributed by atoms with van der Waals surface area (Å²) in [6.45, 7) is -2.16. The van der Waals surface area contributed by atoms with Crippen molar-refractivity contribution < 1.29 is 81.9 Å². The lowest BCUT2D eigenvalue weighted by Gasteiger charge is -2.25. The number of benzene rings is 4. The van der Waals surface area contributed by atoms with Crippen LogP contribution < -0.4 is 0 Å². The third-order valence-corrected chi connectivity index (χ3v) is 15.6. The lowest BCUT2D eigenvalue weighted by atomic mass is 9.91. The number of phosphoric ester groups is 3. The maximum absolute atomic E-state index is 14.2. The second-order valence-corrected chi connectivity index (χ2v) is 21.5. The van der Waals surface area contributed by atoms with Gasteiger partial charge in [0, 0.05) is 62.3 Å². The van der Waals surface area contributed by atoms with Gasteiger partial charge in [-0.15, -0.1) is 0 Å². The first-order valence-corrected chi connectivity index (χ1v) is 24.3. The second kappa shape index (κ2) is 16.1. The van der Waals surface area contributed by atoms with Crippen LogP contribution in [-0.2, 0) is 63.8 Å². The summed E-state index contributed by atoms with van der Waals surface area (Å²) in [5.41, 5.74) is 0.450. The van der Waals surface area contributed by atoms with Crippen LogP contribution in [0.25, 0.3) is 32.3 Å². The van der Waals surface area contributed by atoms with E-state index < -0.39 is 103 Å². The Morgan fingerprint density at radius 1 is 0.519 bits per heavy atom. The molecule has 27 heteroatoms. The monoisotopic (exact) mass is 881 g/mol. The van der Waals surface area contributed by atoms with E-state index in [2.05, 4.69) is 13.6 Å². The van der Waals surface area contributed by atoms with Crippen LogP contribution in [0.3, 0.4) is 0 Å². The normalized spacial score (nSPS) is 14.2. The fourth-order valence-electron chi connectivity index (χ4n) is 5.63. The smallest absolute Gasteiger partial charge is 0.303 e. The predicted molar refractivity (Wildman–Crippen MR) is 193 cm³/mol. The fraction of sp³-hybridized carbons (Fsp3) is 0.407. The Labute approximate surface area is 310 Å². The minimum absolute atomic E-state index is 0.00335. The van der Waals surface area contributed by atoms with Gasteiger partial charge in [-0.1, -0.05) is 31.2 Å². The molecular weight excluding hydrogens is 843 g/mol. The van der Waals surface area contributed by atoms with Gasteiger partial charge >= 0.3 is 23.5 Å². The van der Waals surface area contributed by atoms with Gasteiger partial charge in [-0.2, -0.15) is 12.9 Å². The summed E-state index contributed by atoms with van der Waals surface area (Å²) in [5, 5.41) is 0.504. The van der Waals surface area contributed by atoms with E-state index in [-0.39, 0.29) is 38.2 Å². The number of phosphoric acid groups is 3. The van der Waals surface area contributed by atoms with E-state index in [0.717, 1.165) is 31.5 Å². The van der Waals surface area contributed by atoms with Crippen LogP contribution in [0.4, 0.5) is 0 Å². The molecule has 0 bridgehead atoms. The maximum atomic E-state index is 14.2. The molecule has 0 amide bonds. The molecule has 0 saturated heterocycles. The molecule has 0 spiro atoms. The van der Waals surface area contributed by atoms with Gasteiger partial charge in [0.05, 0.1) is 34.5 Å². The van der Waals surface area contributed by atoms with E-state index in [1.807, 2.05) is 0 Å². The maximum Gasteiger partial charge on any atom is 0.469 e. The fourth-order valence-corrected chi connectivity index (χ4v) is 10.8. The first kappa shape index (κ1) is 44.7. The standard InChI is InChI=1S/C27H38N3O18P3S3/c1-5-18-16-23(52(40,41)28(2)10-13-46-49(31,32)33)20-8-9-22-25(54(44,45)30(4)12-15-48-51(37,38)39)17-24(21-7-6-19(18)26(20)27(21)22)53(42,43)29(3)11-14-47-50(34,35)36/h6-9,16-17H,5,10-15H2,1-4H3,(H2,31,32,33)(H2,34,35,36)(H2,37,38,39). The number of nitrogens with zero attached hydrogens (tertiary/aromatic N) is 3. The Balaban J connectivity index is 2.06. The third-order valence-electron chi connectivity index (χ3n) is 8.31. The van der Waals surface area contributed by atoms with Crippen LogP contribution in [-0.4, -0.2) is 128 Å². The topological polar surface area (TPSA) is 312 Å².